The Morgan fingerprint density at radius 2 is 1.95 bits per heavy atom. The molecule has 0 saturated carbocycles. The molecule has 2 rings (SSSR count). The lowest BCUT2D eigenvalue weighted by Gasteiger charge is -2.22. The second-order valence-corrected chi connectivity index (χ2v) is 7.79. The van der Waals surface area contributed by atoms with Crippen LogP contribution < -0.4 is 4.31 Å². The minimum Gasteiger partial charge on any atom is -0.480 e. The van der Waals surface area contributed by atoms with E-state index in [-0.39, 0.29) is 19.9 Å². The normalized spacial score (nSPS) is 11.3. The third kappa shape index (κ3) is 3.49. The van der Waals surface area contributed by atoms with Gasteiger partial charge in [-0.2, -0.15) is 0 Å². The Morgan fingerprint density at radius 1 is 1.24 bits per heavy atom. The van der Waals surface area contributed by atoms with E-state index in [0.29, 0.717) is 0 Å². The molecule has 5 nitrogen and oxygen atoms in total. The molecule has 9 heteroatoms. The Hall–Kier alpha value is -1.28. The Balaban J connectivity index is 2.53. The number of hydrogen-bond donors (Lipinski definition) is 1. The maximum absolute atomic E-state index is 12.5. The van der Waals surface area contributed by atoms with Crippen molar-refractivity contribution in [3.05, 3.63) is 45.8 Å². The number of carboxylic acid groups (broad SMARTS) is 1. The summed E-state index contributed by atoms with van der Waals surface area (Å²) in [6.45, 7) is -0.710. The fourth-order valence-electron chi connectivity index (χ4n) is 1.60. The van der Waals surface area contributed by atoms with E-state index in [0.717, 1.165) is 15.6 Å². The predicted molar refractivity (Wildman–Crippen MR) is 82.9 cm³/mol. The molecule has 21 heavy (non-hydrogen) atoms. The van der Waals surface area contributed by atoms with E-state index in [2.05, 4.69) is 0 Å². The van der Waals surface area contributed by atoms with Crippen molar-refractivity contribution >= 4 is 56.2 Å². The van der Waals surface area contributed by atoms with Crippen LogP contribution >= 0.6 is 34.5 Å². The summed E-state index contributed by atoms with van der Waals surface area (Å²) in [7, 11) is -3.97. The molecule has 0 saturated heterocycles. The van der Waals surface area contributed by atoms with Gasteiger partial charge in [-0.3, -0.25) is 9.10 Å². The quantitative estimate of drug-likeness (QED) is 0.881. The third-order valence-electron chi connectivity index (χ3n) is 2.51. The molecular formula is C12H9Cl2NO4S2. The number of halogens is 2. The molecule has 2 aromatic rings. The van der Waals surface area contributed by atoms with E-state index in [9.17, 15) is 13.2 Å². The van der Waals surface area contributed by atoms with Gasteiger partial charge in [-0.1, -0.05) is 29.3 Å². The lowest BCUT2D eigenvalue weighted by molar-refractivity contribution is -0.135. The molecule has 0 aliphatic heterocycles. The monoisotopic (exact) mass is 365 g/mol. The Labute approximate surface area is 135 Å². The van der Waals surface area contributed by atoms with Gasteiger partial charge >= 0.3 is 5.97 Å². The van der Waals surface area contributed by atoms with Crippen molar-refractivity contribution in [1.82, 2.24) is 0 Å². The van der Waals surface area contributed by atoms with E-state index < -0.39 is 22.5 Å². The zero-order chi connectivity index (χ0) is 15.6. The molecule has 0 bridgehead atoms. The van der Waals surface area contributed by atoms with Crippen LogP contribution in [-0.4, -0.2) is 26.0 Å². The van der Waals surface area contributed by atoms with Crippen LogP contribution in [0.15, 0.2) is 39.9 Å². The van der Waals surface area contributed by atoms with Crippen LogP contribution in [0.1, 0.15) is 0 Å². The van der Waals surface area contributed by atoms with Crippen LogP contribution in [0.5, 0.6) is 0 Å². The molecule has 1 aromatic heterocycles. The van der Waals surface area contributed by atoms with Crippen molar-refractivity contribution in [2.45, 2.75) is 4.21 Å². The van der Waals surface area contributed by atoms with E-state index >= 15 is 0 Å². The molecule has 0 fully saturated rings. The highest BCUT2D eigenvalue weighted by atomic mass is 35.5. The number of anilines is 1. The molecule has 0 unspecified atom stereocenters. The average molecular weight is 366 g/mol. The number of nitrogens with zero attached hydrogens (tertiary/aromatic N) is 1. The van der Waals surface area contributed by atoms with Gasteiger partial charge in [0.25, 0.3) is 10.0 Å². The first kappa shape index (κ1) is 16.1. The Kier molecular flexibility index (Phi) is 4.77. The fraction of sp³-hybridized carbons (Fsp3) is 0.0833. The van der Waals surface area contributed by atoms with Gasteiger partial charge in [0, 0.05) is 0 Å². The Morgan fingerprint density at radius 3 is 2.48 bits per heavy atom. The van der Waals surface area contributed by atoms with Crippen molar-refractivity contribution in [1.29, 1.82) is 0 Å². The number of thiophene rings is 1. The number of carbonyl (C=O) groups is 1. The van der Waals surface area contributed by atoms with Crippen LogP contribution in [0.3, 0.4) is 0 Å². The molecule has 0 aliphatic rings. The lowest BCUT2D eigenvalue weighted by Crippen LogP contribution is -2.35. The second-order valence-electron chi connectivity index (χ2n) is 3.94. The summed E-state index contributed by atoms with van der Waals surface area (Å²) >= 11 is 12.7. The maximum atomic E-state index is 12.5. The number of rotatable bonds is 5. The van der Waals surface area contributed by atoms with Crippen LogP contribution in [0.2, 0.25) is 10.0 Å². The lowest BCUT2D eigenvalue weighted by atomic mass is 10.3. The summed E-state index contributed by atoms with van der Waals surface area (Å²) in [5.74, 6) is -1.28. The van der Waals surface area contributed by atoms with Crippen LogP contribution in [0, 0.1) is 0 Å². The first-order valence-corrected chi connectivity index (χ1v) is 8.63. The minimum absolute atomic E-state index is 0.0508. The van der Waals surface area contributed by atoms with Gasteiger partial charge in [0.1, 0.15) is 10.8 Å². The molecule has 0 spiro atoms. The number of aliphatic carboxylic acids is 1. The highest BCUT2D eigenvalue weighted by molar-refractivity contribution is 7.94. The number of carboxylic acids is 1. The molecule has 1 heterocycles. The van der Waals surface area contributed by atoms with Gasteiger partial charge < -0.3 is 5.11 Å². The summed E-state index contributed by atoms with van der Waals surface area (Å²) in [4.78, 5) is 11.0. The zero-order valence-corrected chi connectivity index (χ0v) is 13.5. The summed E-state index contributed by atoms with van der Waals surface area (Å²) in [6, 6.07) is 7.12. The summed E-state index contributed by atoms with van der Waals surface area (Å²) in [6.07, 6.45) is 0. The summed E-state index contributed by atoms with van der Waals surface area (Å²) in [5.41, 5.74) is 0.139. The van der Waals surface area contributed by atoms with E-state index in [1.165, 1.54) is 24.3 Å². The topological polar surface area (TPSA) is 74.7 Å². The van der Waals surface area contributed by atoms with Crippen LogP contribution in [-0.2, 0) is 14.8 Å². The van der Waals surface area contributed by atoms with Gasteiger partial charge in [0.2, 0.25) is 0 Å². The smallest absolute Gasteiger partial charge is 0.324 e. The standard InChI is InChI=1S/C12H9Cl2NO4S2/c13-9-4-3-8(6-10(9)14)15(7-11(16)17)21(18,19)12-2-1-5-20-12/h1-6H,7H2,(H,16,17). The maximum Gasteiger partial charge on any atom is 0.324 e. The molecule has 0 aliphatic carbocycles. The highest BCUT2D eigenvalue weighted by Gasteiger charge is 2.28. The third-order valence-corrected chi connectivity index (χ3v) is 6.40. The van der Waals surface area contributed by atoms with Gasteiger partial charge in [-0.05, 0) is 29.6 Å². The zero-order valence-electron chi connectivity index (χ0n) is 10.4. The largest absolute Gasteiger partial charge is 0.480 e. The molecule has 0 atom stereocenters. The molecule has 112 valence electrons. The van der Waals surface area contributed by atoms with Crippen LogP contribution in [0.25, 0.3) is 0 Å². The first-order valence-electron chi connectivity index (χ1n) is 5.55. The Bertz CT molecular complexity index is 760. The predicted octanol–water partition coefficient (Wildman–Crippen LogP) is 3.33. The van der Waals surface area contributed by atoms with Crippen molar-refractivity contribution in [2.75, 3.05) is 10.8 Å². The average Bonchev–Trinajstić information content (AvgIpc) is 2.93. The number of benzene rings is 1. The first-order chi connectivity index (χ1) is 9.82. The molecule has 0 radical (unpaired) electrons. The molecule has 0 amide bonds. The number of sulfonamides is 1. The summed E-state index contributed by atoms with van der Waals surface area (Å²) < 4.78 is 25.9. The molecule has 1 aromatic carbocycles. The highest BCUT2D eigenvalue weighted by Crippen LogP contribution is 2.31. The van der Waals surface area contributed by atoms with Crippen molar-refractivity contribution in [2.24, 2.45) is 0 Å². The van der Waals surface area contributed by atoms with E-state index in [1.54, 1.807) is 11.4 Å². The number of hydrogen-bond acceptors (Lipinski definition) is 4. The molecular weight excluding hydrogens is 357 g/mol. The molecule has 1 N–H and O–H groups in total. The minimum atomic E-state index is -3.97. The van der Waals surface area contributed by atoms with Crippen molar-refractivity contribution < 1.29 is 18.3 Å². The fourth-order valence-corrected chi connectivity index (χ4v) is 4.40. The van der Waals surface area contributed by atoms with Crippen molar-refractivity contribution in [3.8, 4) is 0 Å². The summed E-state index contributed by atoms with van der Waals surface area (Å²) in [5, 5.41) is 11.0. The van der Waals surface area contributed by atoms with Crippen molar-refractivity contribution in [3.63, 3.8) is 0 Å². The van der Waals surface area contributed by atoms with E-state index in [4.69, 9.17) is 28.3 Å². The van der Waals surface area contributed by atoms with Gasteiger partial charge in [-0.25, -0.2) is 8.42 Å². The van der Waals surface area contributed by atoms with Gasteiger partial charge in [-0.15, -0.1) is 11.3 Å². The van der Waals surface area contributed by atoms with Gasteiger partial charge in [0.15, 0.2) is 0 Å². The second kappa shape index (κ2) is 6.23. The SMILES string of the molecule is O=C(O)CN(c1ccc(Cl)c(Cl)c1)S(=O)(=O)c1cccs1. The van der Waals surface area contributed by atoms with E-state index in [1.807, 2.05) is 0 Å². The van der Waals surface area contributed by atoms with Gasteiger partial charge in [0.05, 0.1) is 15.7 Å². The van der Waals surface area contributed by atoms with Crippen LogP contribution in [0.4, 0.5) is 5.69 Å².